The molecule has 10 nitrogen and oxygen atoms in total. The highest BCUT2D eigenvalue weighted by Crippen LogP contribution is 2.59. The van der Waals surface area contributed by atoms with Crippen molar-refractivity contribution >= 4 is 17.5 Å². The minimum atomic E-state index is -2.06. The smallest absolute Gasteiger partial charge is 0.350 e. The molecule has 0 spiro atoms. The number of aliphatic hydroxyl groups excluding tert-OH is 1. The van der Waals surface area contributed by atoms with Gasteiger partial charge >= 0.3 is 5.97 Å². The average Bonchev–Trinajstić information content (AvgIpc) is 3.79. The molecule has 0 radical (unpaired) electrons. The Morgan fingerprint density at radius 1 is 1.15 bits per heavy atom. The molecule has 5 atom stereocenters. The van der Waals surface area contributed by atoms with Crippen molar-refractivity contribution in [3.63, 3.8) is 0 Å². The zero-order valence-electron chi connectivity index (χ0n) is 27.7. The van der Waals surface area contributed by atoms with E-state index in [9.17, 15) is 19.5 Å². The maximum absolute atomic E-state index is 14.1. The summed E-state index contributed by atoms with van der Waals surface area (Å²) >= 11 is 0. The Kier molecular flexibility index (Phi) is 10.8. The van der Waals surface area contributed by atoms with Crippen LogP contribution in [0.5, 0.6) is 0 Å². The number of allylic oxidation sites excluding steroid dienone is 3. The largest absolute Gasteiger partial charge is 0.463 e. The summed E-state index contributed by atoms with van der Waals surface area (Å²) in [4.78, 5) is 42.2. The standard InChI is InChI=1S/C36H50N4O6/c1-5-24-13-14-30(38-6-2)26(17-24)21-45-34(44)36-33(43)29-10-8-7-9-28(29)32(42)35(36,46-36)19-27(20-41)23(3)11-12-25-15-16-39-31(18-25)40-22-37-4/h7-10,15,18,24,26,30,37-41H,5-6,11-14,16-17,19-22H2,1-4H3/b27-23-/t24-,26+,30-,35+,36+/m1/s1. The van der Waals surface area contributed by atoms with Crippen LogP contribution in [0.25, 0.3) is 0 Å². The quantitative estimate of drug-likeness (QED) is 0.0640. The Balaban J connectivity index is 1.37. The number of ketones is 2. The van der Waals surface area contributed by atoms with Gasteiger partial charge in [0.15, 0.2) is 11.4 Å². The van der Waals surface area contributed by atoms with Gasteiger partial charge in [-0.3, -0.25) is 9.59 Å². The lowest BCUT2D eigenvalue weighted by atomic mass is 9.71. The molecule has 5 N–H and O–H groups in total. The van der Waals surface area contributed by atoms with Crippen LogP contribution in [0.4, 0.5) is 0 Å². The molecular weight excluding hydrogens is 584 g/mol. The summed E-state index contributed by atoms with van der Waals surface area (Å²) in [5, 5.41) is 23.7. The zero-order valence-corrected chi connectivity index (χ0v) is 27.7. The first kappa shape index (κ1) is 34.0. The molecule has 0 bridgehead atoms. The lowest BCUT2D eigenvalue weighted by Gasteiger charge is -2.36. The van der Waals surface area contributed by atoms with Crippen molar-refractivity contribution in [3.05, 3.63) is 70.1 Å². The summed E-state index contributed by atoms with van der Waals surface area (Å²) in [7, 11) is 1.87. The molecule has 46 heavy (non-hydrogen) atoms. The van der Waals surface area contributed by atoms with Gasteiger partial charge in [-0.1, -0.05) is 56.2 Å². The Morgan fingerprint density at radius 2 is 1.91 bits per heavy atom. The molecule has 2 fully saturated rings. The first-order valence-corrected chi connectivity index (χ1v) is 16.8. The van der Waals surface area contributed by atoms with Crippen molar-refractivity contribution in [2.45, 2.75) is 83.0 Å². The fourth-order valence-electron chi connectivity index (χ4n) is 7.44. The van der Waals surface area contributed by atoms with Crippen molar-refractivity contribution in [1.29, 1.82) is 0 Å². The van der Waals surface area contributed by atoms with E-state index in [1.807, 2.05) is 14.0 Å². The lowest BCUT2D eigenvalue weighted by Crippen LogP contribution is -2.51. The second kappa shape index (κ2) is 14.6. The molecule has 250 valence electrons. The number of hydrogen-bond acceptors (Lipinski definition) is 10. The van der Waals surface area contributed by atoms with Gasteiger partial charge in [0.05, 0.1) is 19.9 Å². The van der Waals surface area contributed by atoms with Crippen molar-refractivity contribution in [1.82, 2.24) is 21.3 Å². The number of fused-ring (bicyclic) bond motifs is 2. The maximum Gasteiger partial charge on any atom is 0.350 e. The van der Waals surface area contributed by atoms with E-state index in [0.29, 0.717) is 31.1 Å². The second-order valence-corrected chi connectivity index (χ2v) is 13.1. The predicted molar refractivity (Wildman–Crippen MR) is 176 cm³/mol. The van der Waals surface area contributed by atoms with Gasteiger partial charge < -0.3 is 35.8 Å². The lowest BCUT2D eigenvalue weighted by molar-refractivity contribution is -0.150. The molecule has 5 rings (SSSR count). The number of nitrogens with one attached hydrogen (secondary N) is 4. The topological polar surface area (TPSA) is 141 Å². The highest BCUT2D eigenvalue weighted by Gasteiger charge is 2.85. The predicted octanol–water partition coefficient (Wildman–Crippen LogP) is 3.54. The van der Waals surface area contributed by atoms with Crippen LogP contribution >= 0.6 is 0 Å². The van der Waals surface area contributed by atoms with Crippen LogP contribution in [0.1, 0.15) is 86.4 Å². The normalized spacial score (nSPS) is 29.0. The summed E-state index contributed by atoms with van der Waals surface area (Å²) in [6.07, 6.45) is 9.62. The van der Waals surface area contributed by atoms with Crippen LogP contribution in [-0.4, -0.2) is 79.9 Å². The Hall–Kier alpha value is -3.31. The highest BCUT2D eigenvalue weighted by molar-refractivity contribution is 6.32. The number of dihydropyridines is 1. The SMILES string of the molecule is CCN[C@@H]1CC[C@@H](CC)C[C@H]1COC(=O)[C@]12O[C@@]1(C/C(CO)=C(\C)CCC1=CCNC(NCNC)=C1)C(=O)c1ccccc1C2=O. The number of rotatable bonds is 15. The van der Waals surface area contributed by atoms with Crippen molar-refractivity contribution < 1.29 is 29.0 Å². The van der Waals surface area contributed by atoms with Crippen LogP contribution < -0.4 is 21.3 Å². The maximum atomic E-state index is 14.1. The molecule has 1 saturated carbocycles. The molecular formula is C36H50N4O6. The highest BCUT2D eigenvalue weighted by atomic mass is 16.7. The Morgan fingerprint density at radius 3 is 2.61 bits per heavy atom. The number of carbonyl (C=O) groups is 3. The summed E-state index contributed by atoms with van der Waals surface area (Å²) in [5.41, 5.74) is -0.757. The molecule has 10 heteroatoms. The summed E-state index contributed by atoms with van der Waals surface area (Å²) in [6.45, 7) is 8.18. The van der Waals surface area contributed by atoms with Gasteiger partial charge in [0.2, 0.25) is 5.78 Å². The number of benzene rings is 1. The van der Waals surface area contributed by atoms with Gasteiger partial charge in [0.25, 0.3) is 5.60 Å². The van der Waals surface area contributed by atoms with E-state index in [1.54, 1.807) is 24.3 Å². The number of aliphatic hydroxyl groups is 1. The summed E-state index contributed by atoms with van der Waals surface area (Å²) < 4.78 is 12.1. The third-order valence-electron chi connectivity index (χ3n) is 10.3. The zero-order chi connectivity index (χ0) is 32.9. The molecule has 0 unspecified atom stereocenters. The monoisotopic (exact) mass is 634 g/mol. The van der Waals surface area contributed by atoms with E-state index in [2.05, 4.69) is 47.3 Å². The molecule has 2 heterocycles. The van der Waals surface area contributed by atoms with E-state index >= 15 is 0 Å². The van der Waals surface area contributed by atoms with Crippen molar-refractivity contribution in [3.8, 4) is 0 Å². The van der Waals surface area contributed by atoms with Gasteiger partial charge in [-0.15, -0.1) is 0 Å². The van der Waals surface area contributed by atoms with Gasteiger partial charge in [0.1, 0.15) is 5.82 Å². The number of Topliss-reactive ketones (excluding diaryl/α,β-unsaturated/α-hetero) is 2. The van der Waals surface area contributed by atoms with Crippen molar-refractivity contribution in [2.75, 3.05) is 40.0 Å². The minimum Gasteiger partial charge on any atom is -0.463 e. The minimum absolute atomic E-state index is 0.0594. The molecule has 1 saturated heterocycles. The van der Waals surface area contributed by atoms with Crippen LogP contribution in [0.2, 0.25) is 0 Å². The fourth-order valence-corrected chi connectivity index (χ4v) is 7.44. The van der Waals surface area contributed by atoms with Crippen LogP contribution in [0.15, 0.2) is 59.0 Å². The first-order chi connectivity index (χ1) is 22.2. The van der Waals surface area contributed by atoms with E-state index in [1.165, 1.54) is 0 Å². The molecule has 2 aliphatic carbocycles. The second-order valence-electron chi connectivity index (χ2n) is 13.1. The van der Waals surface area contributed by atoms with E-state index in [-0.39, 0.29) is 42.7 Å². The molecule has 2 aliphatic heterocycles. The Bertz CT molecular complexity index is 1420. The number of ether oxygens (including phenoxy) is 2. The Labute approximate surface area is 272 Å². The average molecular weight is 635 g/mol. The van der Waals surface area contributed by atoms with Gasteiger partial charge in [-0.25, -0.2) is 4.79 Å². The van der Waals surface area contributed by atoms with E-state index in [4.69, 9.17) is 9.47 Å². The van der Waals surface area contributed by atoms with Crippen LogP contribution in [-0.2, 0) is 14.3 Å². The summed E-state index contributed by atoms with van der Waals surface area (Å²) in [5.74, 6) is -0.175. The van der Waals surface area contributed by atoms with E-state index < -0.39 is 28.7 Å². The third-order valence-corrected chi connectivity index (χ3v) is 10.3. The van der Waals surface area contributed by atoms with E-state index in [0.717, 1.165) is 55.6 Å². The van der Waals surface area contributed by atoms with Gasteiger partial charge in [-0.2, -0.15) is 0 Å². The summed E-state index contributed by atoms with van der Waals surface area (Å²) in [6, 6.07) is 6.77. The fraction of sp³-hybridized carbons (Fsp3) is 0.583. The number of hydrogen-bond donors (Lipinski definition) is 5. The number of epoxide rings is 1. The molecule has 4 aliphatic rings. The number of carbonyl (C=O) groups excluding carboxylic acids is 3. The molecule has 1 aromatic carbocycles. The van der Waals surface area contributed by atoms with Crippen LogP contribution in [0.3, 0.4) is 0 Å². The third kappa shape index (κ3) is 6.45. The van der Waals surface area contributed by atoms with Gasteiger partial charge in [-0.05, 0) is 75.8 Å². The molecule has 1 aromatic rings. The number of esters is 1. The first-order valence-electron chi connectivity index (χ1n) is 16.8. The molecule has 0 aromatic heterocycles. The van der Waals surface area contributed by atoms with Crippen LogP contribution in [0, 0.1) is 11.8 Å². The van der Waals surface area contributed by atoms with Crippen molar-refractivity contribution in [2.24, 2.45) is 11.8 Å². The molecule has 0 amide bonds. The van der Waals surface area contributed by atoms with Gasteiger partial charge in [0, 0.05) is 36.1 Å².